The van der Waals surface area contributed by atoms with Crippen LogP contribution in [0.1, 0.15) is 18.7 Å². The average molecular weight is 542 g/mol. The van der Waals surface area contributed by atoms with Crippen molar-refractivity contribution >= 4 is 28.4 Å². The van der Waals surface area contributed by atoms with Gasteiger partial charge >= 0.3 is 0 Å². The van der Waals surface area contributed by atoms with Crippen molar-refractivity contribution in [3.63, 3.8) is 0 Å². The van der Waals surface area contributed by atoms with Crippen LogP contribution in [0.5, 0.6) is 0 Å². The predicted octanol–water partition coefficient (Wildman–Crippen LogP) is 2.54. The summed E-state index contributed by atoms with van der Waals surface area (Å²) in [5.74, 6) is 0.877. The van der Waals surface area contributed by atoms with E-state index in [0.717, 1.165) is 38.5 Å². The van der Waals surface area contributed by atoms with Gasteiger partial charge in [0.2, 0.25) is 5.91 Å². The molecule has 3 fully saturated rings. The summed E-state index contributed by atoms with van der Waals surface area (Å²) < 4.78 is 40.5. The summed E-state index contributed by atoms with van der Waals surface area (Å²) >= 11 is 0. The normalized spacial score (nSPS) is 19.1. The molecule has 3 saturated heterocycles. The molecular weight excluding hydrogens is 508 g/mol. The Labute approximate surface area is 225 Å². The van der Waals surface area contributed by atoms with Crippen molar-refractivity contribution in [2.75, 3.05) is 82.5 Å². The van der Waals surface area contributed by atoms with Gasteiger partial charge in [0.15, 0.2) is 5.82 Å². The SMILES string of the molecule is O=C(CCN1CCOCC1)N1CC(Nc2cc(N3CCOCC3)nc(-n3c(C(F)F)nc4ccccc43)c2)C1. The topological polar surface area (TPSA) is 88.0 Å². The van der Waals surface area contributed by atoms with Crippen LogP contribution in [-0.2, 0) is 14.3 Å². The number of nitrogens with zero attached hydrogens (tertiary/aromatic N) is 6. The van der Waals surface area contributed by atoms with E-state index in [1.165, 1.54) is 4.57 Å². The fourth-order valence-electron chi connectivity index (χ4n) is 5.33. The molecule has 0 spiro atoms. The molecule has 0 radical (unpaired) electrons. The second-order valence-electron chi connectivity index (χ2n) is 10.1. The number of halogens is 2. The molecule has 2 aromatic heterocycles. The third-order valence-corrected chi connectivity index (χ3v) is 7.50. The van der Waals surface area contributed by atoms with Crippen molar-refractivity contribution in [3.8, 4) is 5.82 Å². The maximum atomic E-state index is 14.1. The van der Waals surface area contributed by atoms with Gasteiger partial charge in [-0.05, 0) is 12.1 Å². The number of fused-ring (bicyclic) bond motifs is 1. The number of nitrogens with one attached hydrogen (secondary N) is 1. The third kappa shape index (κ3) is 5.68. The lowest BCUT2D eigenvalue weighted by atomic mass is 10.1. The quantitative estimate of drug-likeness (QED) is 0.466. The van der Waals surface area contributed by atoms with Crippen LogP contribution >= 0.6 is 0 Å². The number of ether oxygens (including phenoxy) is 2. The maximum absolute atomic E-state index is 14.1. The van der Waals surface area contributed by atoms with Gasteiger partial charge < -0.3 is 24.6 Å². The summed E-state index contributed by atoms with van der Waals surface area (Å²) in [6.07, 6.45) is -2.26. The number of likely N-dealkylation sites (tertiary alicyclic amines) is 1. The summed E-state index contributed by atoms with van der Waals surface area (Å²) in [5, 5.41) is 3.51. The number of imidazole rings is 1. The van der Waals surface area contributed by atoms with Crippen molar-refractivity contribution < 1.29 is 23.0 Å². The predicted molar refractivity (Wildman–Crippen MR) is 143 cm³/mol. The first-order valence-corrected chi connectivity index (χ1v) is 13.5. The number of hydrogen-bond donors (Lipinski definition) is 1. The lowest BCUT2D eigenvalue weighted by molar-refractivity contribution is -0.135. The van der Waals surface area contributed by atoms with E-state index in [1.807, 2.05) is 11.0 Å². The molecule has 208 valence electrons. The standard InChI is InChI=1S/C27H33F2N7O3/c28-26(29)27-31-21-3-1-2-4-22(21)36(27)24-16-19(15-23(32-24)34-9-13-39-14-10-34)30-20-17-35(18-20)25(37)5-6-33-7-11-38-12-8-33/h1-4,15-16,20,26H,5-14,17-18H2,(H,30,32). The number of anilines is 2. The average Bonchev–Trinajstić information content (AvgIpc) is 3.35. The van der Waals surface area contributed by atoms with E-state index >= 15 is 0 Å². The minimum atomic E-state index is -2.76. The molecule has 10 nitrogen and oxygen atoms in total. The number of alkyl halides is 2. The fourth-order valence-corrected chi connectivity index (χ4v) is 5.33. The van der Waals surface area contributed by atoms with Crippen LogP contribution in [0.15, 0.2) is 36.4 Å². The minimum Gasteiger partial charge on any atom is -0.379 e. The highest BCUT2D eigenvalue weighted by molar-refractivity contribution is 5.79. The zero-order valence-electron chi connectivity index (χ0n) is 21.8. The summed E-state index contributed by atoms with van der Waals surface area (Å²) in [4.78, 5) is 27.9. The molecule has 0 atom stereocenters. The Kier molecular flexibility index (Phi) is 7.58. The number of pyridine rings is 1. The van der Waals surface area contributed by atoms with Crippen molar-refractivity contribution in [3.05, 3.63) is 42.2 Å². The maximum Gasteiger partial charge on any atom is 0.296 e. The molecule has 0 aliphatic carbocycles. The van der Waals surface area contributed by atoms with Gasteiger partial charge in [0.25, 0.3) is 6.43 Å². The van der Waals surface area contributed by atoms with Gasteiger partial charge in [0.1, 0.15) is 11.6 Å². The van der Waals surface area contributed by atoms with E-state index in [0.29, 0.717) is 68.5 Å². The van der Waals surface area contributed by atoms with Crippen LogP contribution in [0, 0.1) is 0 Å². The zero-order valence-corrected chi connectivity index (χ0v) is 21.8. The van der Waals surface area contributed by atoms with Crippen LogP contribution in [0.25, 0.3) is 16.9 Å². The molecule has 5 heterocycles. The van der Waals surface area contributed by atoms with E-state index in [2.05, 4.69) is 20.1 Å². The molecule has 1 amide bonds. The van der Waals surface area contributed by atoms with Crippen molar-refractivity contribution in [2.24, 2.45) is 0 Å². The Morgan fingerprint density at radius 1 is 0.974 bits per heavy atom. The number of morpholine rings is 2. The van der Waals surface area contributed by atoms with Crippen LogP contribution in [0.2, 0.25) is 0 Å². The number of aromatic nitrogens is 3. The number of carbonyl (C=O) groups excluding carboxylic acids is 1. The molecule has 1 aromatic carbocycles. The number of para-hydroxylation sites is 2. The van der Waals surface area contributed by atoms with E-state index in [4.69, 9.17) is 14.5 Å². The van der Waals surface area contributed by atoms with Crippen LogP contribution in [0.4, 0.5) is 20.3 Å². The highest BCUT2D eigenvalue weighted by Crippen LogP contribution is 2.31. The number of benzene rings is 1. The van der Waals surface area contributed by atoms with Crippen molar-refractivity contribution in [1.29, 1.82) is 0 Å². The summed E-state index contributed by atoms with van der Waals surface area (Å²) in [6.45, 7) is 7.61. The molecule has 3 aromatic rings. The van der Waals surface area contributed by atoms with Crippen LogP contribution in [0.3, 0.4) is 0 Å². The first kappa shape index (κ1) is 25.9. The second kappa shape index (κ2) is 11.4. The highest BCUT2D eigenvalue weighted by atomic mass is 19.3. The molecular formula is C27H33F2N7O3. The van der Waals surface area contributed by atoms with E-state index in [1.54, 1.807) is 30.3 Å². The van der Waals surface area contributed by atoms with Gasteiger partial charge in [-0.2, -0.15) is 0 Å². The monoisotopic (exact) mass is 541 g/mol. The van der Waals surface area contributed by atoms with Crippen molar-refractivity contribution in [1.82, 2.24) is 24.3 Å². The molecule has 6 rings (SSSR count). The molecule has 0 unspecified atom stereocenters. The fraction of sp³-hybridized carbons (Fsp3) is 0.519. The first-order chi connectivity index (χ1) is 19.0. The molecule has 1 N–H and O–H groups in total. The Hall–Kier alpha value is -3.35. The van der Waals surface area contributed by atoms with Gasteiger partial charge in [-0.15, -0.1) is 0 Å². The first-order valence-electron chi connectivity index (χ1n) is 13.5. The largest absolute Gasteiger partial charge is 0.379 e. The number of amides is 1. The Balaban J connectivity index is 1.21. The molecule has 0 saturated carbocycles. The van der Waals surface area contributed by atoms with Gasteiger partial charge in [0.05, 0.1) is 43.5 Å². The summed E-state index contributed by atoms with van der Waals surface area (Å²) in [6, 6.07) is 10.9. The van der Waals surface area contributed by atoms with Gasteiger partial charge in [-0.25, -0.2) is 18.7 Å². The number of hydrogen-bond acceptors (Lipinski definition) is 8. The number of carbonyl (C=O) groups is 1. The Morgan fingerprint density at radius 2 is 1.67 bits per heavy atom. The van der Waals surface area contributed by atoms with Crippen molar-refractivity contribution in [2.45, 2.75) is 18.9 Å². The second-order valence-corrected chi connectivity index (χ2v) is 10.1. The molecule has 3 aliphatic rings. The molecule has 39 heavy (non-hydrogen) atoms. The minimum absolute atomic E-state index is 0.0687. The number of rotatable bonds is 8. The third-order valence-electron chi connectivity index (χ3n) is 7.50. The molecule has 12 heteroatoms. The van der Waals surface area contributed by atoms with Gasteiger partial charge in [0, 0.05) is 70.1 Å². The Bertz CT molecular complexity index is 1300. The van der Waals surface area contributed by atoms with Crippen LogP contribution in [-0.4, -0.2) is 109 Å². The smallest absolute Gasteiger partial charge is 0.296 e. The molecule has 0 bridgehead atoms. The lowest BCUT2D eigenvalue weighted by Gasteiger charge is -2.40. The summed E-state index contributed by atoms with van der Waals surface area (Å²) in [5.41, 5.74) is 1.84. The van der Waals surface area contributed by atoms with E-state index in [-0.39, 0.29) is 17.8 Å². The van der Waals surface area contributed by atoms with Gasteiger partial charge in [-0.3, -0.25) is 14.3 Å². The lowest BCUT2D eigenvalue weighted by Crippen LogP contribution is -2.57. The van der Waals surface area contributed by atoms with E-state index < -0.39 is 6.43 Å². The summed E-state index contributed by atoms with van der Waals surface area (Å²) in [7, 11) is 0. The van der Waals surface area contributed by atoms with Gasteiger partial charge in [-0.1, -0.05) is 12.1 Å². The zero-order chi connectivity index (χ0) is 26.8. The highest BCUT2D eigenvalue weighted by Gasteiger charge is 2.31. The van der Waals surface area contributed by atoms with Crippen LogP contribution < -0.4 is 10.2 Å². The molecule has 3 aliphatic heterocycles. The van der Waals surface area contributed by atoms with E-state index in [9.17, 15) is 13.6 Å². The Morgan fingerprint density at radius 3 is 2.41 bits per heavy atom.